The summed E-state index contributed by atoms with van der Waals surface area (Å²) >= 11 is 0. The number of carbonyl (C=O) groups excluding carboxylic acids is 2. The van der Waals surface area contributed by atoms with E-state index < -0.39 is 12.0 Å². The van der Waals surface area contributed by atoms with Crippen molar-refractivity contribution in [3.05, 3.63) is 48.2 Å². The van der Waals surface area contributed by atoms with Crippen molar-refractivity contribution in [2.24, 2.45) is 0 Å². The number of unbranched alkanes of at least 4 members (excludes halogenated alkanes) is 1. The molecule has 0 aliphatic heterocycles. The SMILES string of the molecule is CCCN(C)c1nc(Nc2ccnc(F)c2)ncc1C#CCCCNC(=O)[C@H](C)N(C)C(=O)/C=C/CN(C)C. The number of nitrogens with zero attached hydrogens (tertiary/aromatic N) is 6. The molecular weight excluding hydrogens is 499 g/mol. The summed E-state index contributed by atoms with van der Waals surface area (Å²) in [5.74, 6) is 6.24. The zero-order valence-corrected chi connectivity index (χ0v) is 23.7. The number of amides is 2. The van der Waals surface area contributed by atoms with E-state index in [1.54, 1.807) is 32.3 Å². The Morgan fingerprint density at radius 2 is 1.97 bits per heavy atom. The van der Waals surface area contributed by atoms with Gasteiger partial charge in [-0.1, -0.05) is 24.8 Å². The fourth-order valence-corrected chi connectivity index (χ4v) is 3.41. The standard InChI is InChI=1S/C28H39FN8O2/c1-7-17-36(5)26-22(20-32-28(34-26)33-23-14-16-30-24(29)19-23)12-9-8-10-15-31-27(39)21(2)37(6)25(38)13-11-18-35(3)4/h11,13-14,16,19-21H,7-8,10,15,17-18H2,1-6H3,(H,31,39)(H,30,32,33,34)/b13-11+/t21-/m0/s1. The lowest BCUT2D eigenvalue weighted by molar-refractivity contribution is -0.135. The Labute approximate surface area is 230 Å². The Balaban J connectivity index is 1.92. The van der Waals surface area contributed by atoms with Crippen LogP contribution in [0.4, 0.5) is 21.8 Å². The van der Waals surface area contributed by atoms with Gasteiger partial charge in [-0.3, -0.25) is 9.59 Å². The van der Waals surface area contributed by atoms with Gasteiger partial charge in [-0.15, -0.1) is 0 Å². The number of rotatable bonds is 13. The van der Waals surface area contributed by atoms with Gasteiger partial charge >= 0.3 is 0 Å². The molecule has 2 N–H and O–H groups in total. The van der Waals surface area contributed by atoms with Gasteiger partial charge in [0.2, 0.25) is 23.7 Å². The fourth-order valence-electron chi connectivity index (χ4n) is 3.41. The molecule has 2 rings (SSSR count). The molecule has 0 radical (unpaired) electrons. The first kappa shape index (κ1) is 31.2. The Bertz CT molecular complexity index is 1190. The average Bonchev–Trinajstić information content (AvgIpc) is 2.90. The third-order valence-electron chi connectivity index (χ3n) is 5.71. The van der Waals surface area contributed by atoms with Crippen LogP contribution in [-0.2, 0) is 9.59 Å². The number of hydrogen-bond acceptors (Lipinski definition) is 8. The van der Waals surface area contributed by atoms with Crippen LogP contribution in [0.3, 0.4) is 0 Å². The molecule has 0 aromatic carbocycles. The lowest BCUT2D eigenvalue weighted by atomic mass is 10.2. The third-order valence-corrected chi connectivity index (χ3v) is 5.71. The molecule has 0 bridgehead atoms. The van der Waals surface area contributed by atoms with Crippen LogP contribution in [0.15, 0.2) is 36.7 Å². The summed E-state index contributed by atoms with van der Waals surface area (Å²) in [5.41, 5.74) is 1.18. The molecule has 0 saturated carbocycles. The van der Waals surface area contributed by atoms with E-state index in [4.69, 9.17) is 0 Å². The van der Waals surface area contributed by atoms with Crippen molar-refractivity contribution in [1.29, 1.82) is 0 Å². The highest BCUT2D eigenvalue weighted by Gasteiger charge is 2.20. The predicted octanol–water partition coefficient (Wildman–Crippen LogP) is 2.81. The van der Waals surface area contributed by atoms with Crippen molar-refractivity contribution < 1.29 is 14.0 Å². The summed E-state index contributed by atoms with van der Waals surface area (Å²) in [5, 5.41) is 5.86. The van der Waals surface area contributed by atoms with Gasteiger partial charge in [-0.25, -0.2) is 9.97 Å². The van der Waals surface area contributed by atoms with Gasteiger partial charge in [0.15, 0.2) is 0 Å². The lowest BCUT2D eigenvalue weighted by Gasteiger charge is -2.23. The van der Waals surface area contributed by atoms with Gasteiger partial charge in [0, 0.05) is 64.2 Å². The number of likely N-dealkylation sites (N-methyl/N-ethyl adjacent to an activating group) is 2. The normalized spacial score (nSPS) is 11.6. The second-order valence-corrected chi connectivity index (χ2v) is 9.33. The van der Waals surface area contributed by atoms with E-state index in [0.717, 1.165) is 13.0 Å². The van der Waals surface area contributed by atoms with Gasteiger partial charge in [0.25, 0.3) is 0 Å². The van der Waals surface area contributed by atoms with Crippen LogP contribution in [-0.4, -0.2) is 90.4 Å². The zero-order chi connectivity index (χ0) is 28.8. The predicted molar refractivity (Wildman–Crippen MR) is 152 cm³/mol. The fraction of sp³-hybridized carbons (Fsp3) is 0.464. The van der Waals surface area contributed by atoms with Crippen molar-refractivity contribution >= 4 is 29.3 Å². The molecule has 2 aromatic rings. The molecule has 2 heterocycles. The number of hydrogen-bond donors (Lipinski definition) is 2. The first-order valence-electron chi connectivity index (χ1n) is 12.9. The molecule has 0 fully saturated rings. The Morgan fingerprint density at radius 1 is 1.21 bits per heavy atom. The van der Waals surface area contributed by atoms with Gasteiger partial charge < -0.3 is 25.3 Å². The number of pyridine rings is 1. The van der Waals surface area contributed by atoms with Crippen LogP contribution >= 0.6 is 0 Å². The van der Waals surface area contributed by atoms with Gasteiger partial charge in [-0.05, 0) is 39.9 Å². The third kappa shape index (κ3) is 10.7. The summed E-state index contributed by atoms with van der Waals surface area (Å²) in [6.07, 6.45) is 8.40. The molecule has 39 heavy (non-hydrogen) atoms. The van der Waals surface area contributed by atoms with E-state index in [1.165, 1.54) is 23.2 Å². The van der Waals surface area contributed by atoms with Crippen LogP contribution in [0.2, 0.25) is 0 Å². The number of anilines is 3. The van der Waals surface area contributed by atoms with Crippen molar-refractivity contribution in [3.63, 3.8) is 0 Å². The minimum absolute atomic E-state index is 0.214. The van der Waals surface area contributed by atoms with Crippen molar-refractivity contribution in [3.8, 4) is 11.8 Å². The van der Waals surface area contributed by atoms with E-state index >= 15 is 0 Å². The summed E-state index contributed by atoms with van der Waals surface area (Å²) in [6, 6.07) is 2.32. The topological polar surface area (TPSA) is 107 Å². The number of aromatic nitrogens is 3. The highest BCUT2D eigenvalue weighted by Crippen LogP contribution is 2.20. The van der Waals surface area contributed by atoms with Crippen LogP contribution in [0, 0.1) is 17.8 Å². The summed E-state index contributed by atoms with van der Waals surface area (Å²) in [4.78, 5) is 42.5. The molecular formula is C28H39FN8O2. The molecule has 11 heteroatoms. The molecule has 10 nitrogen and oxygen atoms in total. The molecule has 210 valence electrons. The summed E-state index contributed by atoms with van der Waals surface area (Å²) in [7, 11) is 7.38. The van der Waals surface area contributed by atoms with Crippen LogP contribution < -0.4 is 15.5 Å². The maximum atomic E-state index is 13.4. The van der Waals surface area contributed by atoms with Crippen LogP contribution in [0.5, 0.6) is 0 Å². The minimum atomic E-state index is -0.593. The van der Waals surface area contributed by atoms with E-state index in [9.17, 15) is 14.0 Å². The zero-order valence-electron chi connectivity index (χ0n) is 23.7. The quantitative estimate of drug-likeness (QED) is 0.174. The number of halogens is 1. The molecule has 2 amide bonds. The molecule has 1 atom stereocenters. The Hall–Kier alpha value is -4.04. The Morgan fingerprint density at radius 3 is 2.67 bits per heavy atom. The second-order valence-electron chi connectivity index (χ2n) is 9.33. The molecule has 2 aromatic heterocycles. The smallest absolute Gasteiger partial charge is 0.246 e. The van der Waals surface area contributed by atoms with Gasteiger partial charge in [-0.2, -0.15) is 9.37 Å². The summed E-state index contributed by atoms with van der Waals surface area (Å²) in [6.45, 7) is 5.65. The minimum Gasteiger partial charge on any atom is -0.358 e. The second kappa shape index (κ2) is 16.0. The maximum absolute atomic E-state index is 13.4. The van der Waals surface area contributed by atoms with Crippen LogP contribution in [0.1, 0.15) is 38.7 Å². The average molecular weight is 539 g/mol. The van der Waals surface area contributed by atoms with Crippen LogP contribution in [0.25, 0.3) is 0 Å². The molecule has 0 aliphatic rings. The molecule has 0 spiro atoms. The lowest BCUT2D eigenvalue weighted by Crippen LogP contribution is -2.45. The maximum Gasteiger partial charge on any atom is 0.246 e. The number of nitrogens with one attached hydrogen (secondary N) is 2. The summed E-state index contributed by atoms with van der Waals surface area (Å²) < 4.78 is 13.4. The highest BCUT2D eigenvalue weighted by atomic mass is 19.1. The van der Waals surface area contributed by atoms with E-state index in [-0.39, 0.29) is 11.8 Å². The molecule has 0 unspecified atom stereocenters. The van der Waals surface area contributed by atoms with Crippen molar-refractivity contribution in [2.45, 2.75) is 39.2 Å². The largest absolute Gasteiger partial charge is 0.358 e. The highest BCUT2D eigenvalue weighted by molar-refractivity contribution is 5.92. The Kier molecular flexibility index (Phi) is 12.8. The monoisotopic (exact) mass is 538 g/mol. The van der Waals surface area contributed by atoms with E-state index in [0.29, 0.717) is 48.9 Å². The van der Waals surface area contributed by atoms with Crippen molar-refractivity contribution in [1.82, 2.24) is 30.1 Å². The van der Waals surface area contributed by atoms with Gasteiger partial charge in [0.05, 0.1) is 11.8 Å². The first-order valence-corrected chi connectivity index (χ1v) is 12.9. The molecule has 0 saturated heterocycles. The van der Waals surface area contributed by atoms with Crippen molar-refractivity contribution in [2.75, 3.05) is 58.0 Å². The van der Waals surface area contributed by atoms with E-state index in [1.807, 2.05) is 30.9 Å². The first-order chi connectivity index (χ1) is 18.6. The molecule has 0 aliphatic carbocycles. The number of carbonyl (C=O) groups is 2. The van der Waals surface area contributed by atoms with Gasteiger partial charge in [0.1, 0.15) is 11.9 Å². The van der Waals surface area contributed by atoms with E-state index in [2.05, 4.69) is 44.4 Å².